The van der Waals surface area contributed by atoms with Crippen LogP contribution in [0.15, 0.2) is 0 Å². The Morgan fingerprint density at radius 1 is 1.55 bits per heavy atom. The molecule has 1 unspecified atom stereocenters. The van der Waals surface area contributed by atoms with Crippen molar-refractivity contribution in [1.82, 2.24) is 5.32 Å². The van der Waals surface area contributed by atoms with Crippen molar-refractivity contribution < 1.29 is 5.11 Å². The van der Waals surface area contributed by atoms with Gasteiger partial charge in [0.25, 0.3) is 0 Å². The molecule has 0 aliphatic carbocycles. The van der Waals surface area contributed by atoms with Gasteiger partial charge in [-0.25, -0.2) is 0 Å². The minimum atomic E-state index is -0.360. The average Bonchev–Trinajstić information content (AvgIpc) is 1.88. The molecule has 1 atom stereocenters. The van der Waals surface area contributed by atoms with E-state index in [1.165, 1.54) is 0 Å². The average molecular weight is 155 g/mol. The molecule has 64 valence electrons. The zero-order chi connectivity index (χ0) is 8.91. The van der Waals surface area contributed by atoms with E-state index >= 15 is 0 Å². The van der Waals surface area contributed by atoms with Crippen LogP contribution in [0.4, 0.5) is 0 Å². The first-order valence-corrected chi connectivity index (χ1v) is 3.83. The maximum Gasteiger partial charge on any atom is 0.0688 e. The highest BCUT2D eigenvalue weighted by molar-refractivity contribution is 4.99. The van der Waals surface area contributed by atoms with Gasteiger partial charge in [-0.3, -0.25) is 5.32 Å². The van der Waals surface area contributed by atoms with Crippen LogP contribution in [0.5, 0.6) is 0 Å². The molecule has 2 heteroatoms. The summed E-state index contributed by atoms with van der Waals surface area (Å²) in [5.41, 5.74) is -0.246. The maximum atomic E-state index is 9.27. The number of hydrogen-bond donors (Lipinski definition) is 2. The topological polar surface area (TPSA) is 32.3 Å². The van der Waals surface area contributed by atoms with E-state index in [9.17, 15) is 5.11 Å². The van der Waals surface area contributed by atoms with Crippen LogP contribution >= 0.6 is 0 Å². The Bertz CT molecular complexity index is 162. The fraction of sp³-hybridized carbons (Fsp3) is 0.778. The van der Waals surface area contributed by atoms with Gasteiger partial charge in [0.1, 0.15) is 0 Å². The third-order valence-corrected chi connectivity index (χ3v) is 1.85. The molecule has 0 aliphatic rings. The lowest BCUT2D eigenvalue weighted by molar-refractivity contribution is 0.0998. The predicted octanol–water partition coefficient (Wildman–Crippen LogP) is 0.759. The molecule has 2 nitrogen and oxygen atoms in total. The lowest BCUT2D eigenvalue weighted by Gasteiger charge is -2.28. The Balaban J connectivity index is 3.79. The molecule has 2 N–H and O–H groups in total. The van der Waals surface area contributed by atoms with Gasteiger partial charge in [0.15, 0.2) is 0 Å². The zero-order valence-electron chi connectivity index (χ0n) is 7.73. The minimum absolute atomic E-state index is 0.246. The van der Waals surface area contributed by atoms with E-state index in [4.69, 9.17) is 0 Å². The molecule has 0 aromatic heterocycles. The second kappa shape index (κ2) is 4.38. The third kappa shape index (κ3) is 4.02. The van der Waals surface area contributed by atoms with E-state index in [-0.39, 0.29) is 11.6 Å². The molecule has 0 heterocycles. The number of aliphatic hydroxyl groups excluding tert-OH is 1. The third-order valence-electron chi connectivity index (χ3n) is 1.85. The van der Waals surface area contributed by atoms with Gasteiger partial charge in [0.05, 0.1) is 12.6 Å². The van der Waals surface area contributed by atoms with Gasteiger partial charge in [-0.1, -0.05) is 5.92 Å². The molecule has 0 spiro atoms. The highest BCUT2D eigenvalue weighted by Crippen LogP contribution is 2.06. The van der Waals surface area contributed by atoms with Gasteiger partial charge in [-0.2, -0.15) is 0 Å². The quantitative estimate of drug-likeness (QED) is 0.590. The van der Waals surface area contributed by atoms with E-state index in [0.29, 0.717) is 6.54 Å². The second-order valence-corrected chi connectivity index (χ2v) is 3.18. The van der Waals surface area contributed by atoms with Crippen LogP contribution in [-0.2, 0) is 0 Å². The number of aliphatic hydroxyl groups is 1. The Morgan fingerprint density at radius 2 is 2.09 bits per heavy atom. The Morgan fingerprint density at radius 3 is 2.45 bits per heavy atom. The van der Waals surface area contributed by atoms with Crippen LogP contribution in [0, 0.1) is 11.8 Å². The highest BCUT2D eigenvalue weighted by Gasteiger charge is 2.21. The van der Waals surface area contributed by atoms with Crippen LogP contribution in [0.1, 0.15) is 27.7 Å². The molecule has 0 radical (unpaired) electrons. The fourth-order valence-electron chi connectivity index (χ4n) is 0.508. The smallest absolute Gasteiger partial charge is 0.0688 e. The molecule has 0 bridgehead atoms. The van der Waals surface area contributed by atoms with Crippen molar-refractivity contribution in [3.8, 4) is 11.8 Å². The second-order valence-electron chi connectivity index (χ2n) is 3.18. The highest BCUT2D eigenvalue weighted by atomic mass is 16.3. The van der Waals surface area contributed by atoms with Crippen molar-refractivity contribution in [3.63, 3.8) is 0 Å². The summed E-state index contributed by atoms with van der Waals surface area (Å²) >= 11 is 0. The van der Waals surface area contributed by atoms with Crippen molar-refractivity contribution in [1.29, 1.82) is 0 Å². The van der Waals surface area contributed by atoms with Crippen molar-refractivity contribution in [2.24, 2.45) is 0 Å². The Hall–Kier alpha value is -0.520. The number of hydrogen-bond acceptors (Lipinski definition) is 2. The van der Waals surface area contributed by atoms with Crippen LogP contribution in [0.2, 0.25) is 0 Å². The number of nitrogens with one attached hydrogen (secondary N) is 1. The van der Waals surface area contributed by atoms with Crippen LogP contribution in [0.3, 0.4) is 0 Å². The summed E-state index contributed by atoms with van der Waals surface area (Å²) in [7, 11) is 0. The minimum Gasteiger partial charge on any atom is -0.392 e. The molecule has 0 aliphatic heterocycles. The first-order valence-electron chi connectivity index (χ1n) is 3.83. The fourth-order valence-corrected chi connectivity index (χ4v) is 0.508. The predicted molar refractivity (Wildman–Crippen MR) is 47.2 cm³/mol. The first kappa shape index (κ1) is 10.5. The van der Waals surface area contributed by atoms with Crippen molar-refractivity contribution >= 4 is 0 Å². The molecular formula is C9H17NO. The van der Waals surface area contributed by atoms with E-state index in [1.807, 2.05) is 13.8 Å². The first-order chi connectivity index (χ1) is 5.00. The lowest BCUT2D eigenvalue weighted by Crippen LogP contribution is -2.48. The van der Waals surface area contributed by atoms with Gasteiger partial charge in [-0.15, -0.1) is 5.92 Å². The van der Waals surface area contributed by atoms with Crippen LogP contribution in [-0.4, -0.2) is 23.3 Å². The standard InChI is InChI=1S/C9H17NO/c1-5-6-7-10-9(3,4)8(2)11/h8,10-11H,7H2,1-4H3. The molecule has 0 aromatic rings. The summed E-state index contributed by atoms with van der Waals surface area (Å²) in [6, 6.07) is 0. The summed E-state index contributed by atoms with van der Waals surface area (Å²) in [5.74, 6) is 5.67. The zero-order valence-corrected chi connectivity index (χ0v) is 7.73. The summed E-state index contributed by atoms with van der Waals surface area (Å²) < 4.78 is 0. The molecular weight excluding hydrogens is 138 g/mol. The van der Waals surface area contributed by atoms with E-state index in [1.54, 1.807) is 13.8 Å². The monoisotopic (exact) mass is 155 g/mol. The van der Waals surface area contributed by atoms with Crippen molar-refractivity contribution in [3.05, 3.63) is 0 Å². The summed E-state index contributed by atoms with van der Waals surface area (Å²) in [6.07, 6.45) is -0.360. The largest absolute Gasteiger partial charge is 0.392 e. The SMILES string of the molecule is CC#CCNC(C)(C)C(C)O. The lowest BCUT2D eigenvalue weighted by atomic mass is 9.99. The summed E-state index contributed by atoms with van der Waals surface area (Å²) in [6.45, 7) is 8.11. The van der Waals surface area contributed by atoms with E-state index in [0.717, 1.165) is 0 Å². The summed E-state index contributed by atoms with van der Waals surface area (Å²) in [5, 5.41) is 12.4. The van der Waals surface area contributed by atoms with Crippen molar-refractivity contribution in [2.45, 2.75) is 39.3 Å². The molecule has 11 heavy (non-hydrogen) atoms. The Labute approximate surface area is 69.0 Å². The Kier molecular flexibility index (Phi) is 4.17. The molecule has 0 saturated heterocycles. The van der Waals surface area contributed by atoms with Gasteiger partial charge < -0.3 is 5.11 Å². The van der Waals surface area contributed by atoms with Gasteiger partial charge >= 0.3 is 0 Å². The van der Waals surface area contributed by atoms with E-state index < -0.39 is 0 Å². The molecule has 0 saturated carbocycles. The molecule has 0 fully saturated rings. The van der Waals surface area contributed by atoms with Gasteiger partial charge in [0.2, 0.25) is 0 Å². The van der Waals surface area contributed by atoms with Crippen LogP contribution in [0.25, 0.3) is 0 Å². The maximum absolute atomic E-state index is 9.27. The number of rotatable bonds is 3. The van der Waals surface area contributed by atoms with Crippen molar-refractivity contribution in [2.75, 3.05) is 6.54 Å². The van der Waals surface area contributed by atoms with Gasteiger partial charge in [-0.05, 0) is 27.7 Å². The van der Waals surface area contributed by atoms with Crippen LogP contribution < -0.4 is 5.32 Å². The molecule has 0 amide bonds. The van der Waals surface area contributed by atoms with E-state index in [2.05, 4.69) is 17.2 Å². The summed E-state index contributed by atoms with van der Waals surface area (Å²) in [4.78, 5) is 0. The normalized spacial score (nSPS) is 13.5. The molecule has 0 rings (SSSR count). The van der Waals surface area contributed by atoms with Gasteiger partial charge in [0, 0.05) is 5.54 Å². The molecule has 0 aromatic carbocycles.